The van der Waals surface area contributed by atoms with E-state index in [1.165, 1.54) is 5.56 Å². The third-order valence-corrected chi connectivity index (χ3v) is 2.81. The highest BCUT2D eigenvalue weighted by Crippen LogP contribution is 2.27. The van der Waals surface area contributed by atoms with E-state index < -0.39 is 0 Å². The summed E-state index contributed by atoms with van der Waals surface area (Å²) in [5.74, 6) is 0.0989. The van der Waals surface area contributed by atoms with E-state index in [-0.39, 0.29) is 5.91 Å². The first kappa shape index (κ1) is 9.15. The topological polar surface area (TPSA) is 57.8 Å². The van der Waals surface area contributed by atoms with Gasteiger partial charge < -0.3 is 5.32 Å². The van der Waals surface area contributed by atoms with Crippen LogP contribution in [0.5, 0.6) is 0 Å². The Labute approximate surface area is 92.7 Å². The quantitative estimate of drug-likeness (QED) is 0.760. The van der Waals surface area contributed by atoms with E-state index in [1.54, 1.807) is 6.20 Å². The number of fused-ring (bicyclic) bond motifs is 1. The number of amides is 1. The average Bonchev–Trinajstić information content (AvgIpc) is 2.82. The van der Waals surface area contributed by atoms with Crippen molar-refractivity contribution in [1.29, 1.82) is 0 Å². The summed E-state index contributed by atoms with van der Waals surface area (Å²) >= 11 is 0. The van der Waals surface area contributed by atoms with Crippen LogP contribution in [0.3, 0.4) is 0 Å². The zero-order chi connectivity index (χ0) is 11.0. The highest BCUT2D eigenvalue weighted by atomic mass is 16.1. The lowest BCUT2D eigenvalue weighted by Crippen LogP contribution is -2.18. The molecule has 0 fully saturated rings. The van der Waals surface area contributed by atoms with Crippen LogP contribution >= 0.6 is 0 Å². The number of rotatable bonds is 1. The molecule has 0 aliphatic carbocycles. The van der Waals surface area contributed by atoms with Gasteiger partial charge in [-0.1, -0.05) is 6.07 Å². The number of aryl methyl sites for hydroxylation is 1. The lowest BCUT2D eigenvalue weighted by atomic mass is 9.99. The SMILES string of the molecule is O=C1CCc2cc(-c3ccn[nH]3)ccc2N1. The summed E-state index contributed by atoms with van der Waals surface area (Å²) in [4.78, 5) is 11.2. The normalized spacial score (nSPS) is 14.4. The Morgan fingerprint density at radius 1 is 1.19 bits per heavy atom. The molecule has 0 spiro atoms. The molecule has 4 heteroatoms. The van der Waals surface area contributed by atoms with Crippen molar-refractivity contribution in [2.75, 3.05) is 5.32 Å². The Bertz CT molecular complexity index is 531. The van der Waals surface area contributed by atoms with Gasteiger partial charge in [0, 0.05) is 18.3 Å². The zero-order valence-electron chi connectivity index (χ0n) is 8.66. The number of hydrogen-bond donors (Lipinski definition) is 2. The van der Waals surface area contributed by atoms with Crippen molar-refractivity contribution in [2.45, 2.75) is 12.8 Å². The molecule has 2 N–H and O–H groups in total. The molecule has 1 aromatic carbocycles. The molecule has 0 saturated carbocycles. The number of aromatic amines is 1. The van der Waals surface area contributed by atoms with E-state index in [9.17, 15) is 4.79 Å². The second kappa shape index (κ2) is 3.48. The molecule has 4 nitrogen and oxygen atoms in total. The van der Waals surface area contributed by atoms with Crippen LogP contribution < -0.4 is 5.32 Å². The molecule has 2 heterocycles. The lowest BCUT2D eigenvalue weighted by Gasteiger charge is -2.17. The van der Waals surface area contributed by atoms with Gasteiger partial charge >= 0.3 is 0 Å². The molecule has 1 aromatic heterocycles. The maximum absolute atomic E-state index is 11.2. The summed E-state index contributed by atoms with van der Waals surface area (Å²) in [6, 6.07) is 7.96. The van der Waals surface area contributed by atoms with Crippen molar-refractivity contribution >= 4 is 11.6 Å². The molecule has 0 bridgehead atoms. The van der Waals surface area contributed by atoms with Crippen LogP contribution in [0, 0.1) is 0 Å². The summed E-state index contributed by atoms with van der Waals surface area (Å²) < 4.78 is 0. The van der Waals surface area contributed by atoms with Gasteiger partial charge in [-0.2, -0.15) is 5.10 Å². The van der Waals surface area contributed by atoms with Crippen LogP contribution in [0.25, 0.3) is 11.3 Å². The zero-order valence-corrected chi connectivity index (χ0v) is 8.66. The molecule has 2 aromatic rings. The Morgan fingerprint density at radius 3 is 2.94 bits per heavy atom. The van der Waals surface area contributed by atoms with Gasteiger partial charge in [-0.05, 0) is 35.7 Å². The highest BCUT2D eigenvalue weighted by molar-refractivity contribution is 5.94. The molecule has 16 heavy (non-hydrogen) atoms. The number of H-pyrrole nitrogens is 1. The Morgan fingerprint density at radius 2 is 2.12 bits per heavy atom. The van der Waals surface area contributed by atoms with Gasteiger partial charge in [-0.3, -0.25) is 9.89 Å². The van der Waals surface area contributed by atoms with Crippen molar-refractivity contribution in [1.82, 2.24) is 10.2 Å². The van der Waals surface area contributed by atoms with Gasteiger partial charge in [0.1, 0.15) is 0 Å². The molecule has 1 aliphatic rings. The van der Waals surface area contributed by atoms with E-state index in [1.807, 2.05) is 18.2 Å². The molecule has 80 valence electrons. The van der Waals surface area contributed by atoms with Gasteiger partial charge in [0.25, 0.3) is 0 Å². The van der Waals surface area contributed by atoms with Crippen molar-refractivity contribution in [2.24, 2.45) is 0 Å². The Hall–Kier alpha value is -2.10. The number of hydrogen-bond acceptors (Lipinski definition) is 2. The van der Waals surface area contributed by atoms with Crippen LogP contribution in [-0.4, -0.2) is 16.1 Å². The number of nitrogens with zero attached hydrogens (tertiary/aromatic N) is 1. The molecular formula is C12H11N3O. The fraction of sp³-hybridized carbons (Fsp3) is 0.167. The van der Waals surface area contributed by atoms with Crippen LogP contribution in [0.2, 0.25) is 0 Å². The van der Waals surface area contributed by atoms with Gasteiger partial charge in [0.05, 0.1) is 5.69 Å². The summed E-state index contributed by atoms with van der Waals surface area (Å²) in [5, 5.41) is 9.73. The number of carbonyl (C=O) groups is 1. The highest BCUT2D eigenvalue weighted by Gasteiger charge is 2.15. The van der Waals surface area contributed by atoms with Crippen LogP contribution in [0.15, 0.2) is 30.5 Å². The first-order valence-electron chi connectivity index (χ1n) is 5.25. The van der Waals surface area contributed by atoms with Crippen LogP contribution in [-0.2, 0) is 11.2 Å². The average molecular weight is 213 g/mol. The smallest absolute Gasteiger partial charge is 0.224 e. The van der Waals surface area contributed by atoms with Gasteiger partial charge in [-0.15, -0.1) is 0 Å². The van der Waals surface area contributed by atoms with Gasteiger partial charge in [-0.25, -0.2) is 0 Å². The van der Waals surface area contributed by atoms with Crippen LogP contribution in [0.4, 0.5) is 5.69 Å². The molecule has 3 rings (SSSR count). The minimum Gasteiger partial charge on any atom is -0.326 e. The second-order valence-electron chi connectivity index (χ2n) is 3.89. The van der Waals surface area contributed by atoms with E-state index in [2.05, 4.69) is 21.6 Å². The summed E-state index contributed by atoms with van der Waals surface area (Å²) in [7, 11) is 0. The fourth-order valence-electron chi connectivity index (χ4n) is 1.97. The van der Waals surface area contributed by atoms with Crippen molar-refractivity contribution in [3.8, 4) is 11.3 Å². The molecule has 1 aliphatic heterocycles. The third kappa shape index (κ3) is 1.48. The summed E-state index contributed by atoms with van der Waals surface area (Å²) in [6.07, 6.45) is 3.11. The first-order valence-corrected chi connectivity index (χ1v) is 5.25. The lowest BCUT2D eigenvalue weighted by molar-refractivity contribution is -0.116. The predicted molar refractivity (Wildman–Crippen MR) is 61.0 cm³/mol. The number of aromatic nitrogens is 2. The minimum absolute atomic E-state index is 0.0989. The van der Waals surface area contributed by atoms with E-state index in [0.29, 0.717) is 6.42 Å². The number of carbonyl (C=O) groups excluding carboxylic acids is 1. The molecule has 0 atom stereocenters. The maximum Gasteiger partial charge on any atom is 0.224 e. The number of nitrogens with one attached hydrogen (secondary N) is 2. The molecule has 0 radical (unpaired) electrons. The number of benzene rings is 1. The molecule has 1 amide bonds. The van der Waals surface area contributed by atoms with Gasteiger partial charge in [0.2, 0.25) is 5.91 Å². The maximum atomic E-state index is 11.2. The predicted octanol–water partition coefficient (Wildman–Crippen LogP) is 1.96. The number of anilines is 1. The second-order valence-corrected chi connectivity index (χ2v) is 3.89. The van der Waals surface area contributed by atoms with E-state index in [0.717, 1.165) is 23.4 Å². The van der Waals surface area contributed by atoms with Crippen molar-refractivity contribution < 1.29 is 4.79 Å². The summed E-state index contributed by atoms with van der Waals surface area (Å²) in [5.41, 5.74) is 4.22. The first-order chi connectivity index (χ1) is 7.83. The minimum atomic E-state index is 0.0989. The van der Waals surface area contributed by atoms with Gasteiger partial charge in [0.15, 0.2) is 0 Å². The third-order valence-electron chi connectivity index (χ3n) is 2.81. The molecule has 0 unspecified atom stereocenters. The molecule has 0 saturated heterocycles. The Kier molecular flexibility index (Phi) is 1.99. The van der Waals surface area contributed by atoms with E-state index >= 15 is 0 Å². The van der Waals surface area contributed by atoms with Crippen molar-refractivity contribution in [3.05, 3.63) is 36.0 Å². The fourth-order valence-corrected chi connectivity index (χ4v) is 1.97. The molecular weight excluding hydrogens is 202 g/mol. The van der Waals surface area contributed by atoms with E-state index in [4.69, 9.17) is 0 Å². The Balaban J connectivity index is 2.03. The largest absolute Gasteiger partial charge is 0.326 e. The standard InChI is InChI=1S/C12H11N3O/c16-12-4-2-8-7-9(1-3-10(8)14-12)11-5-6-13-15-11/h1,3,5-7H,2,4H2,(H,13,15)(H,14,16). The van der Waals surface area contributed by atoms with Crippen LogP contribution in [0.1, 0.15) is 12.0 Å². The van der Waals surface area contributed by atoms with Crippen molar-refractivity contribution in [3.63, 3.8) is 0 Å². The monoisotopic (exact) mass is 213 g/mol. The summed E-state index contributed by atoms with van der Waals surface area (Å²) in [6.45, 7) is 0.